The van der Waals surface area contributed by atoms with Crippen molar-refractivity contribution in [2.75, 3.05) is 18.4 Å². The summed E-state index contributed by atoms with van der Waals surface area (Å²) in [5, 5.41) is 2.83. The highest BCUT2D eigenvalue weighted by molar-refractivity contribution is 5.92. The molecule has 3 rings (SSSR count). The molecule has 2 heterocycles. The Morgan fingerprint density at radius 2 is 1.69 bits per heavy atom. The number of likely N-dealkylation sites (tertiary alicyclic amines) is 1. The molecule has 8 nitrogen and oxygen atoms in total. The molecule has 1 fully saturated rings. The molecular weight excluding hydrogens is 410 g/mol. The van der Waals surface area contributed by atoms with E-state index in [0.717, 1.165) is 0 Å². The van der Waals surface area contributed by atoms with Crippen molar-refractivity contribution in [2.24, 2.45) is 5.92 Å². The van der Waals surface area contributed by atoms with Crippen molar-refractivity contribution in [3.05, 3.63) is 52.9 Å². The minimum atomic E-state index is -0.296. The zero-order valence-electron chi connectivity index (χ0n) is 19.0. The van der Waals surface area contributed by atoms with E-state index < -0.39 is 0 Å². The number of anilines is 1. The van der Waals surface area contributed by atoms with Crippen molar-refractivity contribution < 1.29 is 19.1 Å². The quantitative estimate of drug-likeness (QED) is 0.736. The number of rotatable bonds is 6. The van der Waals surface area contributed by atoms with Crippen LogP contribution in [0.3, 0.4) is 0 Å². The fraction of sp³-hybridized carbons (Fsp3) is 0.458. The molecule has 0 radical (unpaired) electrons. The van der Waals surface area contributed by atoms with Crippen molar-refractivity contribution >= 4 is 17.7 Å². The van der Waals surface area contributed by atoms with Crippen molar-refractivity contribution in [1.29, 1.82) is 0 Å². The lowest BCUT2D eigenvalue weighted by molar-refractivity contribution is -0.118. The summed E-state index contributed by atoms with van der Waals surface area (Å²) in [7, 11) is 0. The third-order valence-corrected chi connectivity index (χ3v) is 5.17. The summed E-state index contributed by atoms with van der Waals surface area (Å²) in [6.45, 7) is 8.44. The lowest BCUT2D eigenvalue weighted by atomic mass is 10.1. The molecule has 0 bridgehead atoms. The van der Waals surface area contributed by atoms with Crippen molar-refractivity contribution in [3.8, 4) is 11.4 Å². The first kappa shape index (κ1) is 23.4. The Kier molecular flexibility index (Phi) is 7.56. The van der Waals surface area contributed by atoms with E-state index in [-0.39, 0.29) is 35.7 Å². The number of carbonyl (C=O) groups excluding carboxylic acids is 2. The summed E-state index contributed by atoms with van der Waals surface area (Å²) < 4.78 is 12.7. The van der Waals surface area contributed by atoms with Crippen LogP contribution in [0, 0.1) is 5.92 Å². The molecule has 32 heavy (non-hydrogen) atoms. The standard InChI is InChI=1S/C24H31N3O5/c1-16(2)23(29)25-18-5-7-19(8-6-18)27-14-11-21(15-22(27)28)32-20-9-12-26(13-10-20)24(30)31-17(3)4/h5-8,11,14-17,20H,9-10,12-13H2,1-4H3,(H,25,29). The topological polar surface area (TPSA) is 89.9 Å². The second-order valence-corrected chi connectivity index (χ2v) is 8.50. The second-order valence-electron chi connectivity index (χ2n) is 8.50. The van der Waals surface area contributed by atoms with Gasteiger partial charge in [0.2, 0.25) is 5.91 Å². The van der Waals surface area contributed by atoms with Gasteiger partial charge in [-0.1, -0.05) is 13.8 Å². The Balaban J connectivity index is 1.58. The third kappa shape index (κ3) is 6.12. The Hall–Kier alpha value is -3.29. The normalized spacial score (nSPS) is 14.5. The fourth-order valence-electron chi connectivity index (χ4n) is 3.36. The molecule has 1 N–H and O–H groups in total. The maximum atomic E-state index is 12.6. The fourth-order valence-corrected chi connectivity index (χ4v) is 3.36. The number of aromatic nitrogens is 1. The van der Waals surface area contributed by atoms with E-state index in [9.17, 15) is 14.4 Å². The van der Waals surface area contributed by atoms with E-state index in [1.807, 2.05) is 27.7 Å². The smallest absolute Gasteiger partial charge is 0.410 e. The van der Waals surface area contributed by atoms with Crippen LogP contribution in [0.1, 0.15) is 40.5 Å². The van der Waals surface area contributed by atoms with Crippen molar-refractivity contribution in [1.82, 2.24) is 9.47 Å². The van der Waals surface area contributed by atoms with Gasteiger partial charge in [0.1, 0.15) is 11.9 Å². The maximum Gasteiger partial charge on any atom is 0.410 e. The van der Waals surface area contributed by atoms with E-state index in [2.05, 4.69) is 5.32 Å². The molecule has 1 aliphatic rings. The van der Waals surface area contributed by atoms with Crippen LogP contribution in [0.25, 0.3) is 5.69 Å². The molecule has 1 aromatic carbocycles. The Bertz CT molecular complexity index is 989. The summed E-state index contributed by atoms with van der Waals surface area (Å²) >= 11 is 0. The number of benzene rings is 1. The van der Waals surface area contributed by atoms with Crippen LogP contribution >= 0.6 is 0 Å². The Morgan fingerprint density at radius 3 is 2.25 bits per heavy atom. The van der Waals surface area contributed by atoms with Crippen LogP contribution in [-0.2, 0) is 9.53 Å². The predicted molar refractivity (Wildman–Crippen MR) is 122 cm³/mol. The molecule has 0 saturated carbocycles. The van der Waals surface area contributed by atoms with Gasteiger partial charge < -0.3 is 19.7 Å². The summed E-state index contributed by atoms with van der Waals surface area (Å²) in [6, 6.07) is 10.3. The lowest BCUT2D eigenvalue weighted by Gasteiger charge is -2.32. The number of pyridine rings is 1. The molecule has 0 aliphatic carbocycles. The summed E-state index contributed by atoms with van der Waals surface area (Å²) in [5.41, 5.74) is 1.17. The number of ether oxygens (including phenoxy) is 2. The number of carbonyl (C=O) groups is 2. The highest BCUT2D eigenvalue weighted by Crippen LogP contribution is 2.20. The molecule has 2 amide bonds. The molecule has 1 aliphatic heterocycles. The van der Waals surface area contributed by atoms with E-state index in [1.165, 1.54) is 10.6 Å². The van der Waals surface area contributed by atoms with Gasteiger partial charge in [-0.25, -0.2) is 4.79 Å². The zero-order chi connectivity index (χ0) is 23.3. The summed E-state index contributed by atoms with van der Waals surface area (Å²) in [5.74, 6) is 0.347. The average molecular weight is 442 g/mol. The first-order valence-electron chi connectivity index (χ1n) is 11.0. The van der Waals surface area contributed by atoms with Gasteiger partial charge in [-0.2, -0.15) is 0 Å². The minimum Gasteiger partial charge on any atom is -0.490 e. The molecular formula is C24H31N3O5. The molecule has 172 valence electrons. The number of nitrogens with one attached hydrogen (secondary N) is 1. The summed E-state index contributed by atoms with van der Waals surface area (Å²) in [6.07, 6.45) is 2.54. The van der Waals surface area contributed by atoms with E-state index in [1.54, 1.807) is 41.4 Å². The lowest BCUT2D eigenvalue weighted by Crippen LogP contribution is -2.42. The van der Waals surface area contributed by atoms with Crippen LogP contribution in [0.2, 0.25) is 0 Å². The largest absolute Gasteiger partial charge is 0.490 e. The van der Waals surface area contributed by atoms with Crippen molar-refractivity contribution in [2.45, 2.75) is 52.7 Å². The first-order chi connectivity index (χ1) is 15.2. The average Bonchev–Trinajstić information content (AvgIpc) is 2.74. The van der Waals surface area contributed by atoms with Gasteiger partial charge in [-0.05, 0) is 44.2 Å². The minimum absolute atomic E-state index is 0.0564. The molecule has 0 atom stereocenters. The second kappa shape index (κ2) is 10.3. The number of hydrogen-bond acceptors (Lipinski definition) is 5. The van der Waals surface area contributed by atoms with Crippen LogP contribution in [-0.4, -0.2) is 46.8 Å². The monoisotopic (exact) mass is 441 g/mol. The van der Waals surface area contributed by atoms with Gasteiger partial charge in [-0.15, -0.1) is 0 Å². The molecule has 8 heteroatoms. The van der Waals surface area contributed by atoms with Gasteiger partial charge in [0, 0.05) is 55.5 Å². The highest BCUT2D eigenvalue weighted by Gasteiger charge is 2.25. The third-order valence-electron chi connectivity index (χ3n) is 5.17. The van der Waals surface area contributed by atoms with Gasteiger partial charge >= 0.3 is 6.09 Å². The number of nitrogens with zero attached hydrogens (tertiary/aromatic N) is 2. The molecule has 0 unspecified atom stereocenters. The van der Waals surface area contributed by atoms with E-state index in [4.69, 9.17) is 9.47 Å². The number of hydrogen-bond donors (Lipinski definition) is 1. The van der Waals surface area contributed by atoms with E-state index >= 15 is 0 Å². The van der Waals surface area contributed by atoms with Crippen LogP contribution in [0.15, 0.2) is 47.4 Å². The Labute approximate surface area is 188 Å². The highest BCUT2D eigenvalue weighted by atomic mass is 16.6. The SMILES string of the molecule is CC(C)OC(=O)N1CCC(Oc2ccn(-c3ccc(NC(=O)C(C)C)cc3)c(=O)c2)CC1. The van der Waals surface area contributed by atoms with Crippen molar-refractivity contribution in [3.63, 3.8) is 0 Å². The molecule has 1 saturated heterocycles. The Morgan fingerprint density at radius 1 is 1.03 bits per heavy atom. The van der Waals surface area contributed by atoms with Crippen LogP contribution in [0.4, 0.5) is 10.5 Å². The predicted octanol–water partition coefficient (Wildman–Crippen LogP) is 3.82. The number of piperidine rings is 1. The summed E-state index contributed by atoms with van der Waals surface area (Å²) in [4.78, 5) is 38.1. The van der Waals surface area contributed by atoms with Crippen LogP contribution in [0.5, 0.6) is 5.75 Å². The first-order valence-corrected chi connectivity index (χ1v) is 11.0. The zero-order valence-corrected chi connectivity index (χ0v) is 19.0. The number of amides is 2. The van der Waals surface area contributed by atoms with Gasteiger partial charge in [0.25, 0.3) is 5.56 Å². The molecule has 0 spiro atoms. The van der Waals surface area contributed by atoms with Crippen LogP contribution < -0.4 is 15.6 Å². The van der Waals surface area contributed by atoms with E-state index in [0.29, 0.717) is 43.1 Å². The maximum absolute atomic E-state index is 12.6. The molecule has 2 aromatic rings. The van der Waals surface area contributed by atoms with Gasteiger partial charge in [0.05, 0.1) is 6.10 Å². The van der Waals surface area contributed by atoms with Gasteiger partial charge in [-0.3, -0.25) is 14.2 Å². The molecule has 1 aromatic heterocycles. The van der Waals surface area contributed by atoms with Gasteiger partial charge in [0.15, 0.2) is 0 Å².